The number of hydrogen-bond donors (Lipinski definition) is 0. The summed E-state index contributed by atoms with van der Waals surface area (Å²) in [4.78, 5) is 24.4. The molecule has 4 heteroatoms. The van der Waals surface area contributed by atoms with Crippen LogP contribution in [0.15, 0.2) is 12.2 Å². The normalized spacial score (nSPS) is 12.2. The second-order valence-corrected chi connectivity index (χ2v) is 7.47. The maximum atomic E-state index is 12.2. The highest BCUT2D eigenvalue weighted by molar-refractivity contribution is 5.95. The van der Waals surface area contributed by atoms with Crippen LogP contribution in [0.4, 0.5) is 0 Å². The van der Waals surface area contributed by atoms with Crippen molar-refractivity contribution in [1.82, 2.24) is 0 Å². The zero-order valence-corrected chi connectivity index (χ0v) is 14.5. The molecule has 0 aromatic heterocycles. The lowest BCUT2D eigenvalue weighted by atomic mass is 9.99. The lowest BCUT2D eigenvalue weighted by Gasteiger charge is -2.26. The zero-order valence-electron chi connectivity index (χ0n) is 14.5. The molecule has 0 bridgehead atoms. The minimum absolute atomic E-state index is 0.413. The van der Waals surface area contributed by atoms with Crippen LogP contribution in [0, 0.1) is 5.92 Å². The second kappa shape index (κ2) is 7.62. The van der Waals surface area contributed by atoms with Crippen LogP contribution < -0.4 is 0 Å². The Hall–Kier alpha value is -1.32. The number of hydrogen-bond acceptors (Lipinski definition) is 4. The zero-order chi connectivity index (χ0) is 16.8. The van der Waals surface area contributed by atoms with Gasteiger partial charge in [0.05, 0.1) is 0 Å². The first kappa shape index (κ1) is 19.7. The number of allylic oxidation sites excluding steroid dienone is 1. The van der Waals surface area contributed by atoms with Gasteiger partial charge >= 0.3 is 11.9 Å². The number of carbonyl (C=O) groups is 2. The van der Waals surface area contributed by atoms with Crippen LogP contribution >= 0.6 is 0 Å². The van der Waals surface area contributed by atoms with Crippen molar-refractivity contribution in [3.05, 3.63) is 12.2 Å². The minimum Gasteiger partial charge on any atom is -0.459 e. The van der Waals surface area contributed by atoms with E-state index in [0.717, 1.165) is 12.0 Å². The van der Waals surface area contributed by atoms with Gasteiger partial charge in [-0.15, -0.1) is 6.58 Å². The van der Waals surface area contributed by atoms with Crippen molar-refractivity contribution in [2.45, 2.75) is 78.9 Å². The van der Waals surface area contributed by atoms with Gasteiger partial charge in [-0.25, -0.2) is 0 Å². The summed E-state index contributed by atoms with van der Waals surface area (Å²) < 4.78 is 10.7. The molecule has 0 aliphatic rings. The molecule has 0 saturated carbocycles. The van der Waals surface area contributed by atoms with E-state index in [1.54, 1.807) is 41.5 Å². The number of esters is 2. The standard InChI is InChI=1S/C17H30O4/c1-12(2)10-9-11-13(14(18)20-16(3,4)5)15(19)21-17(6,7)8/h13H,1,9-11H2,2-8H3. The summed E-state index contributed by atoms with van der Waals surface area (Å²) in [6.07, 6.45) is 1.90. The van der Waals surface area contributed by atoms with Crippen LogP contribution in [0.25, 0.3) is 0 Å². The van der Waals surface area contributed by atoms with Crippen molar-refractivity contribution in [2.24, 2.45) is 5.92 Å². The van der Waals surface area contributed by atoms with Crippen molar-refractivity contribution in [3.8, 4) is 0 Å². The summed E-state index contributed by atoms with van der Waals surface area (Å²) in [5, 5.41) is 0. The van der Waals surface area contributed by atoms with E-state index >= 15 is 0 Å². The van der Waals surface area contributed by atoms with Crippen LogP contribution in [-0.2, 0) is 19.1 Å². The predicted molar refractivity (Wildman–Crippen MR) is 83.8 cm³/mol. The first-order valence-corrected chi connectivity index (χ1v) is 7.42. The molecule has 0 fully saturated rings. The summed E-state index contributed by atoms with van der Waals surface area (Å²) in [5.41, 5.74) is -0.209. The topological polar surface area (TPSA) is 52.6 Å². The summed E-state index contributed by atoms with van der Waals surface area (Å²) in [6.45, 7) is 16.5. The van der Waals surface area contributed by atoms with E-state index in [9.17, 15) is 9.59 Å². The third-order valence-corrected chi connectivity index (χ3v) is 2.48. The van der Waals surface area contributed by atoms with Gasteiger partial charge in [-0.2, -0.15) is 0 Å². The molecular formula is C17H30O4. The van der Waals surface area contributed by atoms with E-state index < -0.39 is 29.1 Å². The van der Waals surface area contributed by atoms with Crippen molar-refractivity contribution >= 4 is 11.9 Å². The Morgan fingerprint density at radius 3 is 1.62 bits per heavy atom. The van der Waals surface area contributed by atoms with Crippen molar-refractivity contribution in [2.75, 3.05) is 0 Å². The van der Waals surface area contributed by atoms with E-state index in [1.807, 2.05) is 6.92 Å². The molecular weight excluding hydrogens is 268 g/mol. The van der Waals surface area contributed by atoms with Crippen LogP contribution in [0.1, 0.15) is 67.7 Å². The Labute approximate surface area is 128 Å². The quantitative estimate of drug-likeness (QED) is 0.422. The molecule has 4 nitrogen and oxygen atoms in total. The van der Waals surface area contributed by atoms with Crippen LogP contribution in [0.3, 0.4) is 0 Å². The van der Waals surface area contributed by atoms with E-state index in [4.69, 9.17) is 9.47 Å². The van der Waals surface area contributed by atoms with Gasteiger partial charge in [0.25, 0.3) is 0 Å². The third-order valence-electron chi connectivity index (χ3n) is 2.48. The van der Waals surface area contributed by atoms with Crippen LogP contribution in [0.2, 0.25) is 0 Å². The highest BCUT2D eigenvalue weighted by atomic mass is 16.6. The van der Waals surface area contributed by atoms with Crippen molar-refractivity contribution in [1.29, 1.82) is 0 Å². The fraction of sp³-hybridized carbons (Fsp3) is 0.765. The van der Waals surface area contributed by atoms with Gasteiger partial charge in [-0.3, -0.25) is 9.59 Å². The van der Waals surface area contributed by atoms with Gasteiger partial charge in [-0.1, -0.05) is 5.57 Å². The summed E-state index contributed by atoms with van der Waals surface area (Å²) in [6, 6.07) is 0. The Morgan fingerprint density at radius 1 is 0.952 bits per heavy atom. The molecule has 0 unspecified atom stereocenters. The molecule has 0 aromatic rings. The first-order chi connectivity index (χ1) is 9.32. The Bertz CT molecular complexity index is 355. The molecule has 0 amide bonds. The number of ether oxygens (including phenoxy) is 2. The van der Waals surface area contributed by atoms with E-state index in [0.29, 0.717) is 12.8 Å². The Morgan fingerprint density at radius 2 is 1.33 bits per heavy atom. The van der Waals surface area contributed by atoms with Gasteiger partial charge in [-0.05, 0) is 67.7 Å². The second-order valence-electron chi connectivity index (χ2n) is 7.47. The predicted octanol–water partition coefficient (Wildman–Crippen LogP) is 4.03. The Balaban J connectivity index is 4.87. The average molecular weight is 298 g/mol. The lowest BCUT2D eigenvalue weighted by Crippen LogP contribution is -2.36. The molecule has 0 aliphatic heterocycles. The first-order valence-electron chi connectivity index (χ1n) is 7.42. The number of rotatable bonds is 6. The van der Waals surface area contributed by atoms with E-state index in [2.05, 4.69) is 6.58 Å². The largest absolute Gasteiger partial charge is 0.459 e. The van der Waals surface area contributed by atoms with Gasteiger partial charge in [0.15, 0.2) is 5.92 Å². The summed E-state index contributed by atoms with van der Waals surface area (Å²) >= 11 is 0. The molecule has 0 atom stereocenters. The molecule has 122 valence electrons. The van der Waals surface area contributed by atoms with Gasteiger partial charge in [0.1, 0.15) is 11.2 Å². The van der Waals surface area contributed by atoms with Gasteiger partial charge in [0.2, 0.25) is 0 Å². The van der Waals surface area contributed by atoms with E-state index in [1.165, 1.54) is 0 Å². The fourth-order valence-corrected chi connectivity index (χ4v) is 1.69. The van der Waals surface area contributed by atoms with Crippen LogP contribution in [0.5, 0.6) is 0 Å². The Kier molecular flexibility index (Phi) is 7.14. The molecule has 21 heavy (non-hydrogen) atoms. The fourth-order valence-electron chi connectivity index (χ4n) is 1.69. The minimum atomic E-state index is -0.872. The number of carbonyl (C=O) groups excluding carboxylic acids is 2. The van der Waals surface area contributed by atoms with E-state index in [-0.39, 0.29) is 0 Å². The molecule has 0 spiro atoms. The molecule has 0 rings (SSSR count). The smallest absolute Gasteiger partial charge is 0.320 e. The molecule has 0 aliphatic carbocycles. The van der Waals surface area contributed by atoms with Crippen molar-refractivity contribution < 1.29 is 19.1 Å². The lowest BCUT2D eigenvalue weighted by molar-refractivity contribution is -0.174. The average Bonchev–Trinajstić information content (AvgIpc) is 2.18. The summed E-state index contributed by atoms with van der Waals surface area (Å²) in [7, 11) is 0. The SMILES string of the molecule is C=C(C)CCCC(C(=O)OC(C)(C)C)C(=O)OC(C)(C)C. The molecule has 0 N–H and O–H groups in total. The summed E-state index contributed by atoms with van der Waals surface area (Å²) in [5.74, 6) is -1.90. The molecule has 0 saturated heterocycles. The highest BCUT2D eigenvalue weighted by Gasteiger charge is 2.34. The molecule has 0 aromatic carbocycles. The third kappa shape index (κ3) is 10.1. The molecule has 0 heterocycles. The van der Waals surface area contributed by atoms with Gasteiger partial charge < -0.3 is 9.47 Å². The highest BCUT2D eigenvalue weighted by Crippen LogP contribution is 2.21. The molecule has 0 radical (unpaired) electrons. The van der Waals surface area contributed by atoms with Crippen molar-refractivity contribution in [3.63, 3.8) is 0 Å². The maximum absolute atomic E-state index is 12.2. The van der Waals surface area contributed by atoms with Gasteiger partial charge in [0, 0.05) is 0 Å². The maximum Gasteiger partial charge on any atom is 0.320 e. The monoisotopic (exact) mass is 298 g/mol. The van der Waals surface area contributed by atoms with Crippen LogP contribution in [-0.4, -0.2) is 23.1 Å².